The summed E-state index contributed by atoms with van der Waals surface area (Å²) in [6.45, 7) is 5.82. The predicted molar refractivity (Wildman–Crippen MR) is 146 cm³/mol. The summed E-state index contributed by atoms with van der Waals surface area (Å²) in [4.78, 5) is 2.70. The minimum atomic E-state index is -3.60. The summed E-state index contributed by atoms with van der Waals surface area (Å²) in [6.07, 6.45) is 1.72. The second kappa shape index (κ2) is 10.6. The Bertz CT molecular complexity index is 1360. The minimum absolute atomic E-state index is 0.000289. The number of aliphatic hydroxyl groups is 1. The lowest BCUT2D eigenvalue weighted by atomic mass is 9.74. The zero-order valence-corrected chi connectivity index (χ0v) is 22.6. The Balaban J connectivity index is 1.43. The fourth-order valence-corrected chi connectivity index (χ4v) is 7.81. The van der Waals surface area contributed by atoms with Crippen molar-refractivity contribution in [3.63, 3.8) is 0 Å². The van der Waals surface area contributed by atoms with Crippen LogP contribution in [0.4, 0.5) is 0 Å². The molecule has 3 aromatic carbocycles. The summed E-state index contributed by atoms with van der Waals surface area (Å²) < 4.78 is 34.4. The molecule has 196 valence electrons. The van der Waals surface area contributed by atoms with Crippen LogP contribution < -0.4 is 4.74 Å². The predicted octanol–water partition coefficient (Wildman–Crippen LogP) is 4.59. The van der Waals surface area contributed by atoms with E-state index in [4.69, 9.17) is 4.74 Å². The molecule has 2 aliphatic heterocycles. The summed E-state index contributed by atoms with van der Waals surface area (Å²) in [5.74, 6) is 0.913. The van der Waals surface area contributed by atoms with Crippen LogP contribution in [0.1, 0.15) is 35.4 Å². The van der Waals surface area contributed by atoms with Crippen molar-refractivity contribution in [1.29, 1.82) is 0 Å². The van der Waals surface area contributed by atoms with Gasteiger partial charge in [0.25, 0.3) is 0 Å². The first-order valence-corrected chi connectivity index (χ1v) is 14.5. The molecule has 1 N–H and O–H groups in total. The molecule has 6 nitrogen and oxygen atoms in total. The Morgan fingerprint density at radius 2 is 1.68 bits per heavy atom. The van der Waals surface area contributed by atoms with Crippen LogP contribution in [-0.4, -0.2) is 68.2 Å². The molecule has 0 radical (unpaired) electrons. The first-order valence-electron chi connectivity index (χ1n) is 13.0. The average molecular weight is 521 g/mol. The standard InChI is InChI=1S/C30H36N2O4S/c1-21-8-4-5-9-29(21)37(34,35)31-16-6-7-17-32-27(19-31)30(28(32)20-33)24-12-10-23(11-13-24)26-15-14-25(36-3)18-22(26)2/h4-5,8-15,18,27-28,30,33H,6-7,16-17,19-20H2,1-3H3/t27?,28-,30+/m1/s1. The number of hydrogen-bond donors (Lipinski definition) is 1. The van der Waals surface area contributed by atoms with Crippen LogP contribution in [0.2, 0.25) is 0 Å². The summed E-state index contributed by atoms with van der Waals surface area (Å²) in [6, 6.07) is 21.9. The minimum Gasteiger partial charge on any atom is -0.497 e. The molecule has 0 aliphatic carbocycles. The Morgan fingerprint density at radius 1 is 0.946 bits per heavy atom. The number of benzene rings is 3. The van der Waals surface area contributed by atoms with Gasteiger partial charge in [0.1, 0.15) is 5.75 Å². The summed E-state index contributed by atoms with van der Waals surface area (Å²) in [7, 11) is -1.93. The highest BCUT2D eigenvalue weighted by atomic mass is 32.2. The second-order valence-corrected chi connectivity index (χ2v) is 12.1. The lowest BCUT2D eigenvalue weighted by Crippen LogP contribution is -2.67. The molecule has 2 heterocycles. The topological polar surface area (TPSA) is 70.1 Å². The van der Waals surface area contributed by atoms with Gasteiger partial charge in [0.15, 0.2) is 0 Å². The number of nitrogens with zero attached hydrogens (tertiary/aromatic N) is 2. The van der Waals surface area contributed by atoms with E-state index in [1.807, 2.05) is 31.2 Å². The zero-order chi connectivity index (χ0) is 26.2. The maximum atomic E-state index is 13.7. The normalized spacial score (nSPS) is 23.0. The molecule has 1 unspecified atom stereocenters. The van der Waals surface area contributed by atoms with Crippen molar-refractivity contribution in [3.05, 3.63) is 83.4 Å². The van der Waals surface area contributed by atoms with Gasteiger partial charge in [0.2, 0.25) is 10.0 Å². The van der Waals surface area contributed by atoms with E-state index >= 15 is 0 Å². The Labute approximate surface area is 220 Å². The highest BCUT2D eigenvalue weighted by Gasteiger charge is 2.50. The van der Waals surface area contributed by atoms with Gasteiger partial charge in [-0.3, -0.25) is 4.90 Å². The highest BCUT2D eigenvalue weighted by Crippen LogP contribution is 2.43. The van der Waals surface area contributed by atoms with E-state index in [0.29, 0.717) is 18.0 Å². The third-order valence-corrected chi connectivity index (χ3v) is 10.1. The van der Waals surface area contributed by atoms with Crippen LogP contribution in [0, 0.1) is 13.8 Å². The van der Waals surface area contributed by atoms with E-state index in [1.165, 1.54) is 0 Å². The Kier molecular flexibility index (Phi) is 7.41. The van der Waals surface area contributed by atoms with Crippen LogP contribution in [0.3, 0.4) is 0 Å². The molecule has 3 aromatic rings. The second-order valence-electron chi connectivity index (χ2n) is 10.2. The molecule has 0 spiro atoms. The number of hydrogen-bond acceptors (Lipinski definition) is 5. The van der Waals surface area contributed by atoms with Crippen LogP contribution in [0.25, 0.3) is 11.1 Å². The van der Waals surface area contributed by atoms with Gasteiger partial charge in [-0.2, -0.15) is 4.31 Å². The van der Waals surface area contributed by atoms with Gasteiger partial charge in [-0.25, -0.2) is 8.42 Å². The van der Waals surface area contributed by atoms with Gasteiger partial charge in [-0.05, 0) is 79.3 Å². The van der Waals surface area contributed by atoms with Gasteiger partial charge in [0.05, 0.1) is 18.6 Å². The highest BCUT2D eigenvalue weighted by molar-refractivity contribution is 7.89. The number of aliphatic hydroxyl groups excluding tert-OH is 1. The first kappa shape index (κ1) is 25.9. The van der Waals surface area contributed by atoms with Crippen molar-refractivity contribution in [1.82, 2.24) is 9.21 Å². The lowest BCUT2D eigenvalue weighted by Gasteiger charge is -2.57. The molecule has 0 bridgehead atoms. The fourth-order valence-electron chi connectivity index (χ4n) is 6.08. The molecule has 0 aromatic heterocycles. The van der Waals surface area contributed by atoms with Crippen molar-refractivity contribution < 1.29 is 18.3 Å². The summed E-state index contributed by atoms with van der Waals surface area (Å²) in [5.41, 5.74) is 5.34. The number of methoxy groups -OCH3 is 1. The van der Waals surface area contributed by atoms with Crippen molar-refractivity contribution in [2.75, 3.05) is 33.4 Å². The largest absolute Gasteiger partial charge is 0.497 e. The molecule has 2 aliphatic rings. The molecule has 0 amide bonds. The van der Waals surface area contributed by atoms with Gasteiger partial charge in [-0.15, -0.1) is 0 Å². The molecule has 2 fully saturated rings. The Morgan fingerprint density at radius 3 is 2.35 bits per heavy atom. The van der Waals surface area contributed by atoms with E-state index in [0.717, 1.165) is 53.0 Å². The van der Waals surface area contributed by atoms with E-state index < -0.39 is 10.0 Å². The quantitative estimate of drug-likeness (QED) is 0.515. The SMILES string of the molecule is COc1ccc(-c2ccc([C@H]3C4CN(S(=O)(=O)c5ccccc5C)CCCCN4[C@@H]3CO)cc2)c(C)c1. The van der Waals surface area contributed by atoms with E-state index in [1.54, 1.807) is 23.5 Å². The molecule has 3 atom stereocenters. The van der Waals surface area contributed by atoms with Gasteiger partial charge in [0, 0.05) is 31.1 Å². The van der Waals surface area contributed by atoms with Crippen LogP contribution in [0.15, 0.2) is 71.6 Å². The van der Waals surface area contributed by atoms with E-state index in [-0.39, 0.29) is 24.6 Å². The third kappa shape index (κ3) is 4.81. The summed E-state index contributed by atoms with van der Waals surface area (Å²) in [5, 5.41) is 10.3. The van der Waals surface area contributed by atoms with Gasteiger partial charge < -0.3 is 9.84 Å². The van der Waals surface area contributed by atoms with Crippen molar-refractivity contribution in [3.8, 4) is 16.9 Å². The number of fused-ring (bicyclic) bond motifs is 1. The van der Waals surface area contributed by atoms with Crippen molar-refractivity contribution in [2.24, 2.45) is 0 Å². The molecule has 37 heavy (non-hydrogen) atoms. The fraction of sp³-hybridized carbons (Fsp3) is 0.400. The number of aryl methyl sites for hydroxylation is 2. The van der Waals surface area contributed by atoms with Crippen LogP contribution in [-0.2, 0) is 10.0 Å². The van der Waals surface area contributed by atoms with Crippen molar-refractivity contribution in [2.45, 2.75) is 49.6 Å². The van der Waals surface area contributed by atoms with Gasteiger partial charge >= 0.3 is 0 Å². The lowest BCUT2D eigenvalue weighted by molar-refractivity contribution is -0.0553. The Hall–Kier alpha value is -2.71. The molecular weight excluding hydrogens is 484 g/mol. The summed E-state index contributed by atoms with van der Waals surface area (Å²) >= 11 is 0. The number of sulfonamides is 1. The molecular formula is C30H36N2O4S. The molecule has 7 heteroatoms. The molecule has 5 rings (SSSR count). The average Bonchev–Trinajstić information content (AvgIpc) is 2.88. The monoisotopic (exact) mass is 520 g/mol. The van der Waals surface area contributed by atoms with Gasteiger partial charge in [-0.1, -0.05) is 48.5 Å². The third-order valence-electron chi connectivity index (χ3n) is 8.08. The van der Waals surface area contributed by atoms with Crippen molar-refractivity contribution >= 4 is 10.0 Å². The van der Waals surface area contributed by atoms with Crippen LogP contribution in [0.5, 0.6) is 5.75 Å². The number of rotatable bonds is 6. The molecule has 2 saturated heterocycles. The van der Waals surface area contributed by atoms with E-state index in [9.17, 15) is 13.5 Å². The first-order chi connectivity index (χ1) is 17.8. The van der Waals surface area contributed by atoms with E-state index in [2.05, 4.69) is 42.2 Å². The molecule has 0 saturated carbocycles. The zero-order valence-electron chi connectivity index (χ0n) is 21.8. The number of ether oxygens (including phenoxy) is 1. The van der Waals surface area contributed by atoms with Crippen LogP contribution >= 0.6 is 0 Å². The smallest absolute Gasteiger partial charge is 0.243 e. The maximum Gasteiger partial charge on any atom is 0.243 e. The maximum absolute atomic E-state index is 13.7.